The summed E-state index contributed by atoms with van der Waals surface area (Å²) in [5.41, 5.74) is 2.41. The van der Waals surface area contributed by atoms with Crippen LogP contribution in [0.3, 0.4) is 0 Å². The van der Waals surface area contributed by atoms with Crippen LogP contribution in [-0.4, -0.2) is 5.11 Å². The summed E-state index contributed by atoms with van der Waals surface area (Å²) in [6, 6.07) is 10.3. The number of unbranched alkanes of at least 4 members (excludes halogenated alkanes) is 2. The Morgan fingerprint density at radius 1 is 1.20 bits per heavy atom. The number of allylic oxidation sites excluding steroid dienone is 1. The van der Waals surface area contributed by atoms with Gasteiger partial charge in [0.05, 0.1) is 6.26 Å². The predicted octanol–water partition coefficient (Wildman–Crippen LogP) is 4.25. The topological polar surface area (TPSA) is 20.2 Å². The average molecular weight is 204 g/mol. The van der Waals surface area contributed by atoms with Gasteiger partial charge in [-0.1, -0.05) is 50.1 Å². The van der Waals surface area contributed by atoms with Gasteiger partial charge in [0.25, 0.3) is 0 Å². The van der Waals surface area contributed by atoms with Gasteiger partial charge in [-0.2, -0.15) is 0 Å². The van der Waals surface area contributed by atoms with E-state index < -0.39 is 0 Å². The van der Waals surface area contributed by atoms with Crippen LogP contribution in [0.2, 0.25) is 0 Å². The minimum absolute atomic E-state index is 0.876. The summed E-state index contributed by atoms with van der Waals surface area (Å²) in [5, 5.41) is 9.12. The molecule has 82 valence electrons. The Balaban J connectivity index is 2.41. The summed E-state index contributed by atoms with van der Waals surface area (Å²) in [7, 11) is 0. The lowest BCUT2D eigenvalue weighted by Crippen LogP contribution is -1.91. The third kappa shape index (κ3) is 4.68. The molecule has 0 atom stereocenters. The summed E-state index contributed by atoms with van der Waals surface area (Å²) in [6.07, 6.45) is 6.81. The first-order valence-electron chi connectivity index (χ1n) is 5.73. The van der Waals surface area contributed by atoms with Crippen LogP contribution < -0.4 is 0 Å². The van der Waals surface area contributed by atoms with Gasteiger partial charge >= 0.3 is 0 Å². The SMILES string of the molecule is CCCCC/C(=C\O)Cc1ccccc1. The number of aliphatic hydroxyl groups excluding tert-OH is 1. The van der Waals surface area contributed by atoms with Crippen LogP contribution in [0.1, 0.15) is 38.2 Å². The molecule has 0 aliphatic heterocycles. The van der Waals surface area contributed by atoms with Crippen molar-refractivity contribution in [2.75, 3.05) is 0 Å². The van der Waals surface area contributed by atoms with E-state index in [-0.39, 0.29) is 0 Å². The molecule has 0 aliphatic rings. The van der Waals surface area contributed by atoms with Crippen molar-refractivity contribution in [3.05, 3.63) is 47.7 Å². The Morgan fingerprint density at radius 3 is 2.53 bits per heavy atom. The molecule has 0 bridgehead atoms. The average Bonchev–Trinajstić information content (AvgIpc) is 2.29. The number of benzene rings is 1. The second kappa shape index (κ2) is 7.10. The minimum atomic E-state index is 0.876. The molecule has 0 saturated heterocycles. The molecular weight excluding hydrogens is 184 g/mol. The van der Waals surface area contributed by atoms with Crippen LogP contribution in [-0.2, 0) is 6.42 Å². The lowest BCUT2D eigenvalue weighted by Gasteiger charge is -2.05. The molecule has 15 heavy (non-hydrogen) atoms. The van der Waals surface area contributed by atoms with Gasteiger partial charge in [-0.3, -0.25) is 0 Å². The standard InChI is InChI=1S/C14H20O/c1-2-3-5-10-14(12-15)11-13-8-6-4-7-9-13/h4,6-9,12,15H,2-3,5,10-11H2,1H3/b14-12+. The lowest BCUT2D eigenvalue weighted by atomic mass is 10.0. The van der Waals surface area contributed by atoms with E-state index in [1.54, 1.807) is 0 Å². The molecule has 1 rings (SSSR count). The van der Waals surface area contributed by atoms with E-state index >= 15 is 0 Å². The molecular formula is C14H20O. The van der Waals surface area contributed by atoms with Crippen LogP contribution in [0.5, 0.6) is 0 Å². The lowest BCUT2D eigenvalue weighted by molar-refractivity contribution is 0.461. The first kappa shape index (κ1) is 11.8. The molecule has 1 heteroatoms. The van der Waals surface area contributed by atoms with Crippen molar-refractivity contribution in [3.8, 4) is 0 Å². The van der Waals surface area contributed by atoms with Crippen molar-refractivity contribution >= 4 is 0 Å². The van der Waals surface area contributed by atoms with Gasteiger partial charge in [-0.15, -0.1) is 0 Å². The monoisotopic (exact) mass is 204 g/mol. The molecule has 0 aliphatic carbocycles. The second-order valence-corrected chi connectivity index (χ2v) is 3.91. The summed E-state index contributed by atoms with van der Waals surface area (Å²) in [4.78, 5) is 0. The number of aliphatic hydroxyl groups is 1. The van der Waals surface area contributed by atoms with Gasteiger partial charge < -0.3 is 5.11 Å². The summed E-state index contributed by atoms with van der Waals surface area (Å²) >= 11 is 0. The molecule has 0 saturated carbocycles. The Labute approximate surface area is 92.5 Å². The maximum atomic E-state index is 9.12. The van der Waals surface area contributed by atoms with Crippen molar-refractivity contribution in [1.82, 2.24) is 0 Å². The molecule has 1 aromatic carbocycles. The zero-order valence-electron chi connectivity index (χ0n) is 9.45. The molecule has 0 fully saturated rings. The van der Waals surface area contributed by atoms with Crippen LogP contribution in [0.25, 0.3) is 0 Å². The fourth-order valence-corrected chi connectivity index (χ4v) is 1.66. The van der Waals surface area contributed by atoms with Crippen LogP contribution in [0.15, 0.2) is 42.2 Å². The van der Waals surface area contributed by atoms with Gasteiger partial charge in [0.1, 0.15) is 0 Å². The van der Waals surface area contributed by atoms with Crippen molar-refractivity contribution in [1.29, 1.82) is 0 Å². The molecule has 0 amide bonds. The fourth-order valence-electron chi connectivity index (χ4n) is 1.66. The van der Waals surface area contributed by atoms with E-state index in [0.717, 1.165) is 18.4 Å². The van der Waals surface area contributed by atoms with Crippen molar-refractivity contribution in [2.45, 2.75) is 39.0 Å². The van der Waals surface area contributed by atoms with Crippen molar-refractivity contribution < 1.29 is 5.11 Å². The summed E-state index contributed by atoms with van der Waals surface area (Å²) in [6.45, 7) is 2.19. The molecule has 1 nitrogen and oxygen atoms in total. The summed E-state index contributed by atoms with van der Waals surface area (Å²) < 4.78 is 0. The van der Waals surface area contributed by atoms with Crippen molar-refractivity contribution in [3.63, 3.8) is 0 Å². The second-order valence-electron chi connectivity index (χ2n) is 3.91. The van der Waals surface area contributed by atoms with E-state index in [4.69, 9.17) is 5.11 Å². The van der Waals surface area contributed by atoms with Crippen LogP contribution in [0.4, 0.5) is 0 Å². The molecule has 0 unspecified atom stereocenters. The molecule has 0 aromatic heterocycles. The van der Waals surface area contributed by atoms with Crippen LogP contribution in [0, 0.1) is 0 Å². The van der Waals surface area contributed by atoms with E-state index in [0.29, 0.717) is 0 Å². The molecule has 0 radical (unpaired) electrons. The molecule has 1 N–H and O–H groups in total. The highest BCUT2D eigenvalue weighted by Gasteiger charge is 1.99. The normalized spacial score (nSPS) is 11.7. The van der Waals surface area contributed by atoms with Gasteiger partial charge in [0, 0.05) is 0 Å². The zero-order chi connectivity index (χ0) is 10.9. The Hall–Kier alpha value is -1.24. The van der Waals surface area contributed by atoms with Gasteiger partial charge in [-0.25, -0.2) is 0 Å². The minimum Gasteiger partial charge on any atom is -0.516 e. The first-order valence-corrected chi connectivity index (χ1v) is 5.73. The molecule has 1 aromatic rings. The Kier molecular flexibility index (Phi) is 5.60. The van der Waals surface area contributed by atoms with E-state index in [9.17, 15) is 0 Å². The largest absolute Gasteiger partial charge is 0.516 e. The first-order chi connectivity index (χ1) is 7.36. The quantitative estimate of drug-likeness (QED) is 0.542. The number of hydrogen-bond donors (Lipinski definition) is 1. The summed E-state index contributed by atoms with van der Waals surface area (Å²) in [5.74, 6) is 0. The fraction of sp³-hybridized carbons (Fsp3) is 0.429. The third-order valence-corrected chi connectivity index (χ3v) is 2.56. The molecule has 0 heterocycles. The van der Waals surface area contributed by atoms with Gasteiger partial charge in [0.2, 0.25) is 0 Å². The third-order valence-electron chi connectivity index (χ3n) is 2.56. The maximum Gasteiger partial charge on any atom is 0.0786 e. The van der Waals surface area contributed by atoms with E-state index in [1.807, 2.05) is 18.2 Å². The van der Waals surface area contributed by atoms with E-state index in [2.05, 4.69) is 19.1 Å². The predicted molar refractivity (Wildman–Crippen MR) is 65.0 cm³/mol. The zero-order valence-corrected chi connectivity index (χ0v) is 9.45. The maximum absolute atomic E-state index is 9.12. The van der Waals surface area contributed by atoms with Gasteiger partial charge in [-0.05, 0) is 30.4 Å². The highest BCUT2D eigenvalue weighted by Crippen LogP contribution is 2.14. The molecule has 0 spiro atoms. The Morgan fingerprint density at radius 2 is 1.93 bits per heavy atom. The highest BCUT2D eigenvalue weighted by molar-refractivity contribution is 5.20. The number of rotatable bonds is 6. The highest BCUT2D eigenvalue weighted by atomic mass is 16.2. The van der Waals surface area contributed by atoms with Gasteiger partial charge in [0.15, 0.2) is 0 Å². The van der Waals surface area contributed by atoms with Crippen LogP contribution >= 0.6 is 0 Å². The van der Waals surface area contributed by atoms with E-state index in [1.165, 1.54) is 31.1 Å². The smallest absolute Gasteiger partial charge is 0.0786 e. The Bertz CT molecular complexity index is 287. The number of hydrogen-bond acceptors (Lipinski definition) is 1. The van der Waals surface area contributed by atoms with Crippen molar-refractivity contribution in [2.24, 2.45) is 0 Å².